The van der Waals surface area contributed by atoms with Gasteiger partial charge in [0.1, 0.15) is 0 Å². The van der Waals surface area contributed by atoms with E-state index in [2.05, 4.69) is 37.3 Å². The summed E-state index contributed by atoms with van der Waals surface area (Å²) in [4.78, 5) is 12.5. The largest absolute Gasteiger partial charge is 0.462 e. The molecular formula is C29H40O2. The Bertz CT molecular complexity index is 808. The summed E-state index contributed by atoms with van der Waals surface area (Å²) in [6, 6.07) is 14.5. The molecule has 0 aliphatic heterocycles. The highest BCUT2D eigenvalue weighted by molar-refractivity contribution is 5.92. The van der Waals surface area contributed by atoms with Crippen molar-refractivity contribution in [1.29, 1.82) is 0 Å². The number of benzene rings is 2. The molecule has 0 radical (unpaired) electrons. The first kappa shape index (κ1) is 23.6. The molecule has 0 unspecified atom stereocenters. The van der Waals surface area contributed by atoms with E-state index in [0.717, 1.165) is 19.3 Å². The van der Waals surface area contributed by atoms with Gasteiger partial charge in [0, 0.05) is 0 Å². The molecule has 2 aromatic rings. The van der Waals surface area contributed by atoms with Crippen molar-refractivity contribution < 1.29 is 9.53 Å². The van der Waals surface area contributed by atoms with Crippen molar-refractivity contribution in [3.05, 3.63) is 59.2 Å². The van der Waals surface area contributed by atoms with Crippen molar-refractivity contribution in [2.24, 2.45) is 0 Å². The Labute approximate surface area is 189 Å². The summed E-state index contributed by atoms with van der Waals surface area (Å²) in [5.74, 6) is -0.189. The van der Waals surface area contributed by atoms with E-state index in [9.17, 15) is 4.79 Å². The lowest BCUT2D eigenvalue weighted by molar-refractivity contribution is 0.0497. The average Bonchev–Trinajstić information content (AvgIpc) is 3.17. The van der Waals surface area contributed by atoms with Gasteiger partial charge in [0.15, 0.2) is 0 Å². The van der Waals surface area contributed by atoms with E-state index in [1.807, 2.05) is 12.1 Å². The molecule has 0 saturated heterocycles. The highest BCUT2D eigenvalue weighted by Gasteiger charge is 2.19. The molecule has 0 N–H and O–H groups in total. The van der Waals surface area contributed by atoms with E-state index >= 15 is 0 Å². The zero-order chi connectivity index (χ0) is 21.7. The fourth-order valence-corrected chi connectivity index (χ4v) is 4.62. The second-order valence-electron chi connectivity index (χ2n) is 9.08. The van der Waals surface area contributed by atoms with Crippen LogP contribution in [0.25, 0.3) is 11.1 Å². The summed E-state index contributed by atoms with van der Waals surface area (Å²) in [7, 11) is 0. The molecular weight excluding hydrogens is 380 g/mol. The predicted molar refractivity (Wildman–Crippen MR) is 131 cm³/mol. The Morgan fingerprint density at radius 2 is 1.29 bits per heavy atom. The topological polar surface area (TPSA) is 26.3 Å². The van der Waals surface area contributed by atoms with Crippen molar-refractivity contribution in [2.45, 2.75) is 96.8 Å². The van der Waals surface area contributed by atoms with Crippen LogP contribution in [0.4, 0.5) is 0 Å². The average molecular weight is 421 g/mol. The van der Waals surface area contributed by atoms with Crippen LogP contribution in [0.3, 0.4) is 0 Å². The van der Waals surface area contributed by atoms with Crippen molar-refractivity contribution in [3.8, 4) is 11.1 Å². The Morgan fingerprint density at radius 3 is 1.97 bits per heavy atom. The standard InChI is InChI=1S/C29H40O2/c1-2-3-4-5-6-7-8-9-10-11-12-13-16-21-31-29(30)26-20-19-25-22-24-17-14-15-18-27(24)28(25)23-26/h14-15,17-20,23H,2-13,16,21-22H2,1H3. The Morgan fingerprint density at radius 1 is 0.710 bits per heavy atom. The maximum absolute atomic E-state index is 12.5. The van der Waals surface area contributed by atoms with E-state index in [4.69, 9.17) is 4.74 Å². The summed E-state index contributed by atoms with van der Waals surface area (Å²) < 4.78 is 5.54. The molecule has 0 amide bonds. The van der Waals surface area contributed by atoms with Gasteiger partial charge in [-0.15, -0.1) is 0 Å². The molecule has 1 aliphatic rings. The van der Waals surface area contributed by atoms with Gasteiger partial charge in [0.2, 0.25) is 0 Å². The quantitative estimate of drug-likeness (QED) is 0.182. The van der Waals surface area contributed by atoms with E-state index in [-0.39, 0.29) is 5.97 Å². The number of esters is 1. The third-order valence-electron chi connectivity index (χ3n) is 6.52. The fourth-order valence-electron chi connectivity index (χ4n) is 4.62. The molecule has 2 aromatic carbocycles. The van der Waals surface area contributed by atoms with E-state index < -0.39 is 0 Å². The summed E-state index contributed by atoms with van der Waals surface area (Å²) >= 11 is 0. The van der Waals surface area contributed by atoms with Crippen LogP contribution in [0.5, 0.6) is 0 Å². The highest BCUT2D eigenvalue weighted by atomic mass is 16.5. The first-order valence-electron chi connectivity index (χ1n) is 12.7. The minimum absolute atomic E-state index is 0.189. The molecule has 3 rings (SSSR count). The lowest BCUT2D eigenvalue weighted by Gasteiger charge is -2.07. The van der Waals surface area contributed by atoms with E-state index in [1.54, 1.807) is 0 Å². The maximum atomic E-state index is 12.5. The molecule has 0 spiro atoms. The Hall–Kier alpha value is -2.09. The minimum Gasteiger partial charge on any atom is -0.462 e. The van der Waals surface area contributed by atoms with Crippen LogP contribution >= 0.6 is 0 Å². The third kappa shape index (κ3) is 7.52. The zero-order valence-corrected chi connectivity index (χ0v) is 19.5. The number of carbonyl (C=O) groups excluding carboxylic acids is 1. The summed E-state index contributed by atoms with van der Waals surface area (Å²) in [6.07, 6.45) is 18.2. The maximum Gasteiger partial charge on any atom is 0.338 e. The Balaban J connectivity index is 1.23. The van der Waals surface area contributed by atoms with Crippen LogP contribution < -0.4 is 0 Å². The van der Waals surface area contributed by atoms with Crippen molar-refractivity contribution >= 4 is 5.97 Å². The molecule has 31 heavy (non-hydrogen) atoms. The van der Waals surface area contributed by atoms with Crippen LogP contribution in [0, 0.1) is 0 Å². The number of unbranched alkanes of at least 4 members (excludes halogenated alkanes) is 12. The first-order valence-corrected chi connectivity index (χ1v) is 12.7. The molecule has 0 saturated carbocycles. The molecule has 0 aromatic heterocycles. The van der Waals surface area contributed by atoms with Crippen LogP contribution in [0.15, 0.2) is 42.5 Å². The summed E-state index contributed by atoms with van der Waals surface area (Å²) in [5, 5.41) is 0. The van der Waals surface area contributed by atoms with Gasteiger partial charge in [-0.2, -0.15) is 0 Å². The van der Waals surface area contributed by atoms with Gasteiger partial charge >= 0.3 is 5.97 Å². The van der Waals surface area contributed by atoms with Crippen molar-refractivity contribution in [1.82, 2.24) is 0 Å². The van der Waals surface area contributed by atoms with Gasteiger partial charge in [-0.25, -0.2) is 4.79 Å². The second kappa shape index (κ2) is 13.3. The van der Waals surface area contributed by atoms with Crippen LogP contribution in [-0.2, 0) is 11.2 Å². The first-order chi connectivity index (χ1) is 15.3. The van der Waals surface area contributed by atoms with Gasteiger partial charge in [0.05, 0.1) is 12.2 Å². The lowest BCUT2D eigenvalue weighted by Crippen LogP contribution is -2.06. The van der Waals surface area contributed by atoms with Gasteiger partial charge in [-0.1, -0.05) is 114 Å². The number of ether oxygens (including phenoxy) is 1. The molecule has 0 fully saturated rings. The highest BCUT2D eigenvalue weighted by Crippen LogP contribution is 2.36. The monoisotopic (exact) mass is 420 g/mol. The molecule has 2 nitrogen and oxygen atoms in total. The number of carbonyl (C=O) groups is 1. The van der Waals surface area contributed by atoms with Gasteiger partial charge in [-0.3, -0.25) is 0 Å². The zero-order valence-electron chi connectivity index (χ0n) is 19.5. The number of fused-ring (bicyclic) bond motifs is 3. The van der Waals surface area contributed by atoms with Crippen LogP contribution in [0.2, 0.25) is 0 Å². The molecule has 0 bridgehead atoms. The molecule has 0 heterocycles. The van der Waals surface area contributed by atoms with E-state index in [1.165, 1.54) is 92.9 Å². The molecule has 0 atom stereocenters. The lowest BCUT2D eigenvalue weighted by atomic mass is 10.0. The smallest absolute Gasteiger partial charge is 0.338 e. The van der Waals surface area contributed by atoms with Gasteiger partial charge in [0.25, 0.3) is 0 Å². The fraction of sp³-hybridized carbons (Fsp3) is 0.552. The third-order valence-corrected chi connectivity index (χ3v) is 6.52. The number of hydrogen-bond donors (Lipinski definition) is 0. The summed E-state index contributed by atoms with van der Waals surface area (Å²) in [6.45, 7) is 2.81. The molecule has 1 aliphatic carbocycles. The minimum atomic E-state index is -0.189. The van der Waals surface area contributed by atoms with Crippen LogP contribution in [0.1, 0.15) is 112 Å². The van der Waals surface area contributed by atoms with Crippen LogP contribution in [-0.4, -0.2) is 12.6 Å². The Kier molecular flexibility index (Phi) is 10.2. The summed E-state index contributed by atoms with van der Waals surface area (Å²) in [5.41, 5.74) is 5.75. The molecule has 168 valence electrons. The van der Waals surface area contributed by atoms with Gasteiger partial charge in [-0.05, 0) is 47.2 Å². The van der Waals surface area contributed by atoms with E-state index in [0.29, 0.717) is 12.2 Å². The van der Waals surface area contributed by atoms with Crippen molar-refractivity contribution in [3.63, 3.8) is 0 Å². The SMILES string of the molecule is CCCCCCCCCCCCCCCOC(=O)c1ccc2c(c1)-c1ccccc1C2. The van der Waals surface area contributed by atoms with Crippen molar-refractivity contribution in [2.75, 3.05) is 6.61 Å². The second-order valence-corrected chi connectivity index (χ2v) is 9.08. The predicted octanol–water partition coefficient (Wildman–Crippen LogP) is 8.51. The van der Waals surface area contributed by atoms with Gasteiger partial charge < -0.3 is 4.74 Å². The number of hydrogen-bond acceptors (Lipinski definition) is 2. The number of rotatable bonds is 15. The molecule has 2 heteroatoms. The normalized spacial score (nSPS) is 11.9.